The van der Waals surface area contributed by atoms with Gasteiger partial charge in [-0.3, -0.25) is 38.5 Å². The number of urea groups is 1. The van der Waals surface area contributed by atoms with Crippen molar-refractivity contribution >= 4 is 70.0 Å². The Morgan fingerprint density at radius 2 is 1.35 bits per heavy atom. The highest BCUT2D eigenvalue weighted by atomic mass is 32.2. The maximum atomic E-state index is 13.5. The van der Waals surface area contributed by atoms with Gasteiger partial charge in [0.25, 0.3) is 21.8 Å². The molecular formula is C29H34N4O15S. The summed E-state index contributed by atoms with van der Waals surface area (Å²) >= 11 is 0. The van der Waals surface area contributed by atoms with Gasteiger partial charge in [0.15, 0.2) is 24.4 Å². The van der Waals surface area contributed by atoms with Gasteiger partial charge in [0.05, 0.1) is 11.1 Å². The number of ether oxygens (including phenoxy) is 5. The van der Waals surface area contributed by atoms with E-state index >= 15 is 0 Å². The van der Waals surface area contributed by atoms with E-state index in [1.165, 1.54) is 25.3 Å². The number of imide groups is 1. The van der Waals surface area contributed by atoms with Crippen LogP contribution in [-0.2, 0) is 67.3 Å². The molecule has 1 heterocycles. The number of likely N-dealkylation sites (N-methyl/N-ethyl adjacent to an activating group) is 1. The standard InChI is InChI=1S/C29H34N4O15S/c1-15(34)33(49(42,43)22-10-8-21(9-11-22)12-23-28(40)32(7)29(41)31-23)30-13-24(45-17(3)36)26(47-19(5)38)27(48-20(6)39)25(46-18(4)37)14-44-16(2)35/h8-13,24-27H,14H2,1-7H3,(H,31,41)/b23-12-,30-13-. The SMILES string of the molecule is CC(=O)OCC(OC(C)=O)C(OC(C)=O)C(OC(C)=O)C(/C=N\N(C(C)=O)S(=O)(=O)c1ccc(/C=C2\NC(=O)N(C)C2=O)cc1)OC(C)=O. The monoisotopic (exact) mass is 710 g/mol. The van der Waals surface area contributed by atoms with Gasteiger partial charge in [0.1, 0.15) is 12.3 Å². The molecule has 1 aromatic rings. The Morgan fingerprint density at radius 3 is 1.80 bits per heavy atom. The van der Waals surface area contributed by atoms with Crippen LogP contribution in [0.3, 0.4) is 0 Å². The quantitative estimate of drug-likeness (QED) is 0.0668. The van der Waals surface area contributed by atoms with Crippen LogP contribution in [0.1, 0.15) is 47.1 Å². The lowest BCUT2D eigenvalue weighted by atomic mass is 10.0. The lowest BCUT2D eigenvalue weighted by Crippen LogP contribution is -2.53. The molecule has 0 bridgehead atoms. The summed E-state index contributed by atoms with van der Waals surface area (Å²) in [5.74, 6) is -6.65. The van der Waals surface area contributed by atoms with Gasteiger partial charge in [-0.05, 0) is 23.8 Å². The topological polar surface area (TPSA) is 248 Å². The Labute approximate surface area is 280 Å². The van der Waals surface area contributed by atoms with E-state index < -0.39 is 93.6 Å². The minimum Gasteiger partial charge on any atom is -0.462 e. The maximum Gasteiger partial charge on any atom is 0.328 e. The molecule has 1 fully saturated rings. The third-order valence-electron chi connectivity index (χ3n) is 6.07. The van der Waals surface area contributed by atoms with Gasteiger partial charge in [-0.2, -0.15) is 13.5 Å². The van der Waals surface area contributed by atoms with E-state index in [-0.39, 0.29) is 10.1 Å². The van der Waals surface area contributed by atoms with Crippen LogP contribution in [0.15, 0.2) is 40.0 Å². The van der Waals surface area contributed by atoms with Crippen molar-refractivity contribution < 1.29 is 70.5 Å². The number of esters is 5. The van der Waals surface area contributed by atoms with Crippen molar-refractivity contribution in [3.63, 3.8) is 0 Å². The van der Waals surface area contributed by atoms with E-state index in [4.69, 9.17) is 23.7 Å². The molecule has 1 aromatic carbocycles. The van der Waals surface area contributed by atoms with Gasteiger partial charge in [0.2, 0.25) is 0 Å². The molecule has 20 heteroatoms. The number of hydrogen-bond acceptors (Lipinski definition) is 16. The van der Waals surface area contributed by atoms with Gasteiger partial charge in [0, 0.05) is 48.6 Å². The summed E-state index contributed by atoms with van der Waals surface area (Å²) in [5.41, 5.74) is 0.246. The molecule has 19 nitrogen and oxygen atoms in total. The summed E-state index contributed by atoms with van der Waals surface area (Å²) < 4.78 is 52.8. The van der Waals surface area contributed by atoms with Crippen molar-refractivity contribution in [3.05, 3.63) is 35.5 Å². The van der Waals surface area contributed by atoms with Crippen molar-refractivity contribution in [1.82, 2.24) is 14.6 Å². The summed E-state index contributed by atoms with van der Waals surface area (Å²) in [6, 6.07) is 4.07. The molecule has 4 unspecified atom stereocenters. The van der Waals surface area contributed by atoms with Gasteiger partial charge >= 0.3 is 35.9 Å². The second kappa shape index (κ2) is 16.9. The van der Waals surface area contributed by atoms with Gasteiger partial charge in [-0.1, -0.05) is 12.1 Å². The summed E-state index contributed by atoms with van der Waals surface area (Å²) in [6.07, 6.45) is -5.44. The van der Waals surface area contributed by atoms with Crippen LogP contribution in [0.25, 0.3) is 6.08 Å². The third kappa shape index (κ3) is 11.2. The third-order valence-corrected chi connectivity index (χ3v) is 7.75. The van der Waals surface area contributed by atoms with Gasteiger partial charge < -0.3 is 29.0 Å². The fourth-order valence-electron chi connectivity index (χ4n) is 4.11. The molecule has 49 heavy (non-hydrogen) atoms. The number of benzene rings is 1. The number of amides is 4. The zero-order valence-electron chi connectivity index (χ0n) is 27.4. The Balaban J connectivity index is 2.59. The predicted octanol–water partition coefficient (Wildman–Crippen LogP) is 0.0220. The van der Waals surface area contributed by atoms with Crippen molar-refractivity contribution in [2.75, 3.05) is 13.7 Å². The van der Waals surface area contributed by atoms with Crippen LogP contribution < -0.4 is 5.32 Å². The Hall–Kier alpha value is -5.66. The fraction of sp³-hybridized carbons (Fsp3) is 0.414. The van der Waals surface area contributed by atoms with E-state index in [1.54, 1.807) is 0 Å². The molecule has 2 rings (SSSR count). The zero-order valence-corrected chi connectivity index (χ0v) is 28.2. The molecule has 1 aliphatic heterocycles. The lowest BCUT2D eigenvalue weighted by Gasteiger charge is -2.34. The predicted molar refractivity (Wildman–Crippen MR) is 163 cm³/mol. The molecule has 0 radical (unpaired) electrons. The number of rotatable bonds is 14. The second-order valence-electron chi connectivity index (χ2n) is 10.1. The molecule has 266 valence electrons. The lowest BCUT2D eigenvalue weighted by molar-refractivity contribution is -0.197. The Kier molecular flexibility index (Phi) is 13.7. The molecule has 4 amide bonds. The first-order valence-electron chi connectivity index (χ1n) is 14.1. The van der Waals surface area contributed by atoms with E-state index in [0.29, 0.717) is 11.8 Å². The van der Waals surface area contributed by atoms with E-state index in [1.807, 2.05) is 0 Å². The number of nitrogens with one attached hydrogen (secondary N) is 1. The van der Waals surface area contributed by atoms with Crippen LogP contribution in [0, 0.1) is 0 Å². The highest BCUT2D eigenvalue weighted by Gasteiger charge is 2.44. The van der Waals surface area contributed by atoms with Crippen molar-refractivity contribution in [2.24, 2.45) is 5.10 Å². The molecule has 0 aromatic heterocycles. The molecule has 0 spiro atoms. The molecule has 1 aliphatic rings. The molecular weight excluding hydrogens is 676 g/mol. The molecule has 0 aliphatic carbocycles. The van der Waals surface area contributed by atoms with Crippen LogP contribution in [0.4, 0.5) is 4.79 Å². The van der Waals surface area contributed by atoms with Crippen LogP contribution in [-0.4, -0.2) is 110 Å². The number of carbonyl (C=O) groups excluding carboxylic acids is 8. The number of sulfonamides is 1. The number of hydrogen-bond donors (Lipinski definition) is 1. The number of carbonyl (C=O) groups is 8. The minimum atomic E-state index is -4.78. The smallest absolute Gasteiger partial charge is 0.328 e. The number of nitrogens with zero attached hydrogens (tertiary/aromatic N) is 3. The number of hydrazone groups is 1. The van der Waals surface area contributed by atoms with Crippen LogP contribution >= 0.6 is 0 Å². The minimum absolute atomic E-state index is 0.0285. The molecule has 1 N–H and O–H groups in total. The van der Waals surface area contributed by atoms with E-state index in [0.717, 1.165) is 58.6 Å². The summed E-state index contributed by atoms with van der Waals surface area (Å²) in [5, 5.41) is 6.05. The van der Waals surface area contributed by atoms with Crippen LogP contribution in [0.2, 0.25) is 0 Å². The summed E-state index contributed by atoms with van der Waals surface area (Å²) in [4.78, 5) is 96.6. The van der Waals surface area contributed by atoms with E-state index in [9.17, 15) is 46.8 Å². The molecule has 0 saturated carbocycles. The first kappa shape index (κ1) is 39.5. The highest BCUT2D eigenvalue weighted by molar-refractivity contribution is 7.89. The van der Waals surface area contributed by atoms with Crippen molar-refractivity contribution in [3.8, 4) is 0 Å². The Morgan fingerprint density at radius 1 is 0.816 bits per heavy atom. The average molecular weight is 711 g/mol. The second-order valence-corrected chi connectivity index (χ2v) is 11.9. The summed E-state index contributed by atoms with van der Waals surface area (Å²) in [6.45, 7) is 4.91. The first-order valence-corrected chi connectivity index (χ1v) is 15.5. The highest BCUT2D eigenvalue weighted by Crippen LogP contribution is 2.22. The Bertz CT molecular complexity index is 1670. The average Bonchev–Trinajstić information content (AvgIpc) is 3.21. The fourth-order valence-corrected chi connectivity index (χ4v) is 5.30. The van der Waals surface area contributed by atoms with Crippen LogP contribution in [0.5, 0.6) is 0 Å². The largest absolute Gasteiger partial charge is 0.462 e. The van der Waals surface area contributed by atoms with Gasteiger partial charge in [-0.25, -0.2) is 4.79 Å². The normalized spacial score (nSPS) is 16.2. The summed E-state index contributed by atoms with van der Waals surface area (Å²) in [7, 11) is -3.51. The van der Waals surface area contributed by atoms with Crippen molar-refractivity contribution in [1.29, 1.82) is 0 Å². The first-order chi connectivity index (χ1) is 22.7. The zero-order chi connectivity index (χ0) is 37.2. The maximum absolute atomic E-state index is 13.5. The van der Waals surface area contributed by atoms with Gasteiger partial charge in [-0.15, -0.1) is 4.41 Å². The van der Waals surface area contributed by atoms with Crippen molar-refractivity contribution in [2.45, 2.75) is 70.9 Å². The molecule has 1 saturated heterocycles. The molecule has 4 atom stereocenters. The van der Waals surface area contributed by atoms with E-state index in [2.05, 4.69) is 10.4 Å².